The Morgan fingerprint density at radius 3 is 3.00 bits per heavy atom. The molecule has 1 amide bonds. The summed E-state index contributed by atoms with van der Waals surface area (Å²) in [6.45, 7) is 5.21. The molecule has 2 unspecified atom stereocenters. The van der Waals surface area contributed by atoms with Crippen molar-refractivity contribution < 1.29 is 9.53 Å². The highest BCUT2D eigenvalue weighted by Gasteiger charge is 2.25. The summed E-state index contributed by atoms with van der Waals surface area (Å²) in [5.74, 6) is 0.0968. The first-order valence-electron chi connectivity index (χ1n) is 5.78. The Morgan fingerprint density at radius 2 is 2.41 bits per heavy atom. The van der Waals surface area contributed by atoms with Gasteiger partial charge in [-0.1, -0.05) is 6.92 Å². The standard InChI is InChI=1S/C11H18N4O2/c1-6-5-17-4-3-8(6)13-11(16)10-9(12)7(2)14-15-10/h6,8H,3-5,12H2,1-2H3,(H,13,16)(H,14,15). The van der Waals surface area contributed by atoms with Crippen molar-refractivity contribution in [1.29, 1.82) is 0 Å². The molecule has 6 nitrogen and oxygen atoms in total. The number of ether oxygens (including phenoxy) is 1. The van der Waals surface area contributed by atoms with Crippen molar-refractivity contribution in [2.75, 3.05) is 18.9 Å². The number of carbonyl (C=O) groups excluding carboxylic acids is 1. The predicted molar refractivity (Wildman–Crippen MR) is 63.6 cm³/mol. The Morgan fingerprint density at radius 1 is 1.65 bits per heavy atom. The monoisotopic (exact) mass is 238 g/mol. The number of aryl methyl sites for hydroxylation is 1. The van der Waals surface area contributed by atoms with E-state index in [9.17, 15) is 4.79 Å². The molecule has 1 aromatic heterocycles. The van der Waals surface area contributed by atoms with Gasteiger partial charge in [-0.25, -0.2) is 0 Å². The van der Waals surface area contributed by atoms with Crippen LogP contribution in [0.3, 0.4) is 0 Å². The van der Waals surface area contributed by atoms with Crippen molar-refractivity contribution in [3.8, 4) is 0 Å². The highest BCUT2D eigenvalue weighted by atomic mass is 16.5. The molecule has 0 saturated carbocycles. The highest BCUT2D eigenvalue weighted by molar-refractivity contribution is 5.97. The van der Waals surface area contributed by atoms with E-state index in [2.05, 4.69) is 22.4 Å². The van der Waals surface area contributed by atoms with Crippen LogP contribution in [-0.2, 0) is 4.74 Å². The molecule has 94 valence electrons. The normalized spacial score (nSPS) is 24.6. The van der Waals surface area contributed by atoms with Crippen LogP contribution in [-0.4, -0.2) is 35.4 Å². The van der Waals surface area contributed by atoms with Gasteiger partial charge in [-0.2, -0.15) is 5.10 Å². The van der Waals surface area contributed by atoms with Gasteiger partial charge in [0.05, 0.1) is 18.0 Å². The minimum Gasteiger partial charge on any atom is -0.395 e. The van der Waals surface area contributed by atoms with Crippen molar-refractivity contribution >= 4 is 11.6 Å². The molecule has 0 aromatic carbocycles. The lowest BCUT2D eigenvalue weighted by atomic mass is 9.98. The first-order valence-corrected chi connectivity index (χ1v) is 5.78. The quantitative estimate of drug-likeness (QED) is 0.697. The number of aromatic amines is 1. The first kappa shape index (κ1) is 11.9. The lowest BCUT2D eigenvalue weighted by Gasteiger charge is -2.29. The molecule has 1 aliphatic rings. The third-order valence-corrected chi connectivity index (χ3v) is 3.17. The molecule has 0 bridgehead atoms. The van der Waals surface area contributed by atoms with E-state index in [1.165, 1.54) is 0 Å². The maximum Gasteiger partial charge on any atom is 0.274 e. The van der Waals surface area contributed by atoms with Crippen LogP contribution in [0.1, 0.15) is 29.5 Å². The molecule has 2 heterocycles. The molecular weight excluding hydrogens is 220 g/mol. The Hall–Kier alpha value is -1.56. The average Bonchev–Trinajstić information content (AvgIpc) is 2.63. The van der Waals surface area contributed by atoms with Gasteiger partial charge in [0.15, 0.2) is 5.69 Å². The number of H-pyrrole nitrogens is 1. The molecule has 2 atom stereocenters. The fourth-order valence-electron chi connectivity index (χ4n) is 1.94. The molecule has 0 aliphatic carbocycles. The van der Waals surface area contributed by atoms with E-state index in [-0.39, 0.29) is 17.6 Å². The number of amides is 1. The number of hydrogen-bond donors (Lipinski definition) is 3. The summed E-state index contributed by atoms with van der Waals surface area (Å²) in [6.07, 6.45) is 0.830. The van der Waals surface area contributed by atoms with Gasteiger partial charge < -0.3 is 15.8 Å². The van der Waals surface area contributed by atoms with Crippen LogP contribution in [0, 0.1) is 12.8 Å². The fourth-order valence-corrected chi connectivity index (χ4v) is 1.94. The maximum absolute atomic E-state index is 12.0. The summed E-state index contributed by atoms with van der Waals surface area (Å²) >= 11 is 0. The summed E-state index contributed by atoms with van der Waals surface area (Å²) in [7, 11) is 0. The van der Waals surface area contributed by atoms with Crippen LogP contribution in [0.25, 0.3) is 0 Å². The van der Waals surface area contributed by atoms with Crippen LogP contribution in [0.15, 0.2) is 0 Å². The van der Waals surface area contributed by atoms with Gasteiger partial charge in [-0.3, -0.25) is 9.89 Å². The molecule has 1 saturated heterocycles. The number of aromatic nitrogens is 2. The zero-order valence-corrected chi connectivity index (χ0v) is 10.1. The topological polar surface area (TPSA) is 93.0 Å². The summed E-state index contributed by atoms with van der Waals surface area (Å²) in [4.78, 5) is 12.0. The lowest BCUT2D eigenvalue weighted by molar-refractivity contribution is 0.0374. The predicted octanol–water partition coefficient (Wildman–Crippen LogP) is 0.455. The van der Waals surface area contributed by atoms with Crippen molar-refractivity contribution in [3.05, 3.63) is 11.4 Å². The number of carbonyl (C=O) groups is 1. The summed E-state index contributed by atoms with van der Waals surface area (Å²) in [5, 5.41) is 9.58. The molecule has 0 radical (unpaired) electrons. The third kappa shape index (κ3) is 2.41. The second-order valence-corrected chi connectivity index (χ2v) is 4.53. The van der Waals surface area contributed by atoms with Gasteiger partial charge in [0.25, 0.3) is 5.91 Å². The number of nitrogens with zero attached hydrogens (tertiary/aromatic N) is 1. The minimum absolute atomic E-state index is 0.132. The van der Waals surface area contributed by atoms with Gasteiger partial charge in [-0.15, -0.1) is 0 Å². The Balaban J connectivity index is 2.03. The SMILES string of the molecule is Cc1[nH]nc(C(=O)NC2CCOCC2C)c1N. The second kappa shape index (κ2) is 4.75. The van der Waals surface area contributed by atoms with Crippen LogP contribution < -0.4 is 11.1 Å². The van der Waals surface area contributed by atoms with Gasteiger partial charge in [0, 0.05) is 12.6 Å². The third-order valence-electron chi connectivity index (χ3n) is 3.17. The van der Waals surface area contributed by atoms with Crippen molar-refractivity contribution in [3.63, 3.8) is 0 Å². The number of nitrogens with two attached hydrogens (primary N) is 1. The molecule has 4 N–H and O–H groups in total. The largest absolute Gasteiger partial charge is 0.395 e. The molecule has 0 spiro atoms. The zero-order valence-electron chi connectivity index (χ0n) is 10.1. The second-order valence-electron chi connectivity index (χ2n) is 4.53. The molecular formula is C11H18N4O2. The minimum atomic E-state index is -0.217. The first-order chi connectivity index (χ1) is 8.09. The van der Waals surface area contributed by atoms with Crippen molar-refractivity contribution in [2.24, 2.45) is 5.92 Å². The average molecular weight is 238 g/mol. The van der Waals surface area contributed by atoms with Gasteiger partial charge in [0.2, 0.25) is 0 Å². The molecule has 17 heavy (non-hydrogen) atoms. The van der Waals surface area contributed by atoms with Crippen LogP contribution in [0.2, 0.25) is 0 Å². The van der Waals surface area contributed by atoms with Crippen LogP contribution in [0.5, 0.6) is 0 Å². The summed E-state index contributed by atoms with van der Waals surface area (Å²) < 4.78 is 5.33. The molecule has 2 rings (SSSR count). The summed E-state index contributed by atoms with van der Waals surface area (Å²) in [6, 6.07) is 0.132. The van der Waals surface area contributed by atoms with E-state index in [4.69, 9.17) is 10.5 Å². The highest BCUT2D eigenvalue weighted by Crippen LogP contribution is 2.16. The van der Waals surface area contributed by atoms with E-state index in [0.717, 1.165) is 12.1 Å². The fraction of sp³-hybridized carbons (Fsp3) is 0.636. The van der Waals surface area contributed by atoms with Gasteiger partial charge in [0.1, 0.15) is 0 Å². The maximum atomic E-state index is 12.0. The van der Waals surface area contributed by atoms with E-state index >= 15 is 0 Å². The molecule has 1 aromatic rings. The number of nitrogens with one attached hydrogen (secondary N) is 2. The molecule has 1 fully saturated rings. The van der Waals surface area contributed by atoms with E-state index in [1.54, 1.807) is 6.92 Å². The van der Waals surface area contributed by atoms with Gasteiger partial charge in [-0.05, 0) is 19.3 Å². The number of anilines is 1. The van der Waals surface area contributed by atoms with Crippen LogP contribution >= 0.6 is 0 Å². The lowest BCUT2D eigenvalue weighted by Crippen LogP contribution is -2.44. The summed E-state index contributed by atoms with van der Waals surface area (Å²) in [5.41, 5.74) is 7.18. The van der Waals surface area contributed by atoms with Crippen molar-refractivity contribution in [2.45, 2.75) is 26.3 Å². The Bertz CT molecular complexity index is 416. The number of hydrogen-bond acceptors (Lipinski definition) is 4. The zero-order chi connectivity index (χ0) is 12.4. The molecule has 6 heteroatoms. The Labute approximate surface area is 99.9 Å². The van der Waals surface area contributed by atoms with Gasteiger partial charge >= 0.3 is 0 Å². The van der Waals surface area contributed by atoms with E-state index in [1.807, 2.05) is 0 Å². The van der Waals surface area contributed by atoms with Crippen molar-refractivity contribution in [1.82, 2.24) is 15.5 Å². The molecule has 1 aliphatic heterocycles. The van der Waals surface area contributed by atoms with E-state index < -0.39 is 0 Å². The number of rotatable bonds is 2. The van der Waals surface area contributed by atoms with E-state index in [0.29, 0.717) is 24.8 Å². The van der Waals surface area contributed by atoms with Crippen LogP contribution in [0.4, 0.5) is 5.69 Å². The smallest absolute Gasteiger partial charge is 0.274 e. The number of nitrogen functional groups attached to an aromatic ring is 1. The Kier molecular flexibility index (Phi) is 3.33.